The van der Waals surface area contributed by atoms with Gasteiger partial charge in [-0.05, 0) is 31.5 Å². The van der Waals surface area contributed by atoms with Crippen molar-refractivity contribution in [2.75, 3.05) is 0 Å². The molecule has 0 aliphatic heterocycles. The molecule has 0 aromatic heterocycles. The van der Waals surface area contributed by atoms with E-state index in [0.29, 0.717) is 5.56 Å². The van der Waals surface area contributed by atoms with Crippen LogP contribution in [0, 0.1) is 0 Å². The molecule has 1 aromatic carbocycles. The maximum Gasteiger partial charge on any atom is 0.252 e. The third-order valence-corrected chi connectivity index (χ3v) is 3.47. The lowest BCUT2D eigenvalue weighted by molar-refractivity contribution is -0.120. The number of amides is 2. The van der Waals surface area contributed by atoms with E-state index in [1.807, 2.05) is 0 Å². The number of rotatable bonds is 6. The van der Waals surface area contributed by atoms with Crippen molar-refractivity contribution in [3.63, 3.8) is 0 Å². The molecule has 108 valence electrons. The lowest BCUT2D eigenvalue weighted by Gasteiger charge is -2.15. The van der Waals surface area contributed by atoms with E-state index in [1.165, 1.54) is 6.92 Å². The molecule has 0 fully saturated rings. The van der Waals surface area contributed by atoms with Gasteiger partial charge < -0.3 is 15.8 Å². The number of Topliss-reactive ketones (excluding diaryl/α,β-unsaturated/α-hetero) is 1. The van der Waals surface area contributed by atoms with Crippen LogP contribution in [0.3, 0.4) is 0 Å². The van der Waals surface area contributed by atoms with Gasteiger partial charge in [0.25, 0.3) is 5.91 Å². The predicted octanol–water partition coefficient (Wildman–Crippen LogP) is 2.16. The fraction of sp³-hybridized carbons (Fsp3) is 0.308. The van der Waals surface area contributed by atoms with Crippen LogP contribution in [0.15, 0.2) is 27.1 Å². The largest absolute Gasteiger partial charge is 0.368 e. The molecule has 0 saturated carbocycles. The number of hydrogen-bond donors (Lipinski definition) is 2. The summed E-state index contributed by atoms with van der Waals surface area (Å²) in [6.45, 7) is 1.42. The van der Waals surface area contributed by atoms with Gasteiger partial charge in [-0.25, -0.2) is 0 Å². The molecular weight excluding hydrogens is 392 g/mol. The minimum Gasteiger partial charge on any atom is -0.368 e. The summed E-state index contributed by atoms with van der Waals surface area (Å²) < 4.78 is 1.47. The van der Waals surface area contributed by atoms with Gasteiger partial charge in [-0.2, -0.15) is 0 Å². The van der Waals surface area contributed by atoms with Gasteiger partial charge in [-0.1, -0.05) is 31.9 Å². The van der Waals surface area contributed by atoms with Crippen molar-refractivity contribution in [1.82, 2.24) is 5.32 Å². The summed E-state index contributed by atoms with van der Waals surface area (Å²) in [5.74, 6) is -1.14. The first-order valence-electron chi connectivity index (χ1n) is 5.85. The number of ketones is 1. The lowest BCUT2D eigenvalue weighted by atomic mass is 10.1. The highest BCUT2D eigenvalue weighted by Gasteiger charge is 2.19. The van der Waals surface area contributed by atoms with Crippen molar-refractivity contribution in [1.29, 1.82) is 0 Å². The normalized spacial score (nSPS) is 11.8. The number of hydrogen-bond acceptors (Lipinski definition) is 3. The molecular formula is C13H14Br2N2O3. The molecule has 0 aliphatic rings. The van der Waals surface area contributed by atoms with E-state index in [4.69, 9.17) is 5.73 Å². The minimum atomic E-state index is -0.857. The number of nitrogens with two attached hydrogens (primary N) is 1. The molecule has 1 rings (SSSR count). The van der Waals surface area contributed by atoms with Gasteiger partial charge >= 0.3 is 0 Å². The Hall–Kier alpha value is -1.21. The maximum atomic E-state index is 12.1. The van der Waals surface area contributed by atoms with Gasteiger partial charge in [0, 0.05) is 20.9 Å². The first kappa shape index (κ1) is 16.8. The smallest absolute Gasteiger partial charge is 0.252 e. The zero-order valence-corrected chi connectivity index (χ0v) is 14.0. The Balaban J connectivity index is 2.79. The Bertz CT molecular complexity index is 526. The van der Waals surface area contributed by atoms with Gasteiger partial charge in [0.2, 0.25) is 5.91 Å². The van der Waals surface area contributed by atoms with Crippen molar-refractivity contribution in [3.05, 3.63) is 32.7 Å². The van der Waals surface area contributed by atoms with E-state index < -0.39 is 17.9 Å². The van der Waals surface area contributed by atoms with Crippen molar-refractivity contribution in [2.24, 2.45) is 5.73 Å². The quantitative estimate of drug-likeness (QED) is 0.759. The average molecular weight is 406 g/mol. The number of carbonyl (C=O) groups excluding carboxylic acids is 3. The van der Waals surface area contributed by atoms with Crippen LogP contribution in [0.2, 0.25) is 0 Å². The number of nitrogens with one attached hydrogen (secondary N) is 1. The fourth-order valence-corrected chi connectivity index (χ4v) is 2.85. The Morgan fingerprint density at radius 1 is 1.20 bits per heavy atom. The van der Waals surface area contributed by atoms with E-state index in [1.54, 1.807) is 18.2 Å². The second-order valence-electron chi connectivity index (χ2n) is 4.33. The van der Waals surface area contributed by atoms with Gasteiger partial charge in [0.1, 0.15) is 11.8 Å². The fourth-order valence-electron chi connectivity index (χ4n) is 1.56. The van der Waals surface area contributed by atoms with Crippen LogP contribution in [0.1, 0.15) is 30.1 Å². The number of halogens is 2. The van der Waals surface area contributed by atoms with Crippen LogP contribution in [0.5, 0.6) is 0 Å². The van der Waals surface area contributed by atoms with Crippen LogP contribution >= 0.6 is 31.9 Å². The summed E-state index contributed by atoms with van der Waals surface area (Å²) >= 11 is 6.56. The first-order valence-corrected chi connectivity index (χ1v) is 7.44. The van der Waals surface area contributed by atoms with Crippen LogP contribution < -0.4 is 11.1 Å². The number of primary amides is 1. The van der Waals surface area contributed by atoms with E-state index in [0.717, 1.165) is 8.95 Å². The SMILES string of the molecule is CC(=O)CC[C@H](NC(=O)c1cc(Br)cc(Br)c1)C(N)=O. The second-order valence-corrected chi connectivity index (χ2v) is 6.16. The maximum absolute atomic E-state index is 12.1. The standard InChI is InChI=1S/C13H14Br2N2O3/c1-7(18)2-3-11(12(16)19)17-13(20)8-4-9(14)6-10(15)5-8/h4-6,11H,2-3H2,1H3,(H2,16,19)(H,17,20)/t11-/m0/s1. The molecule has 0 radical (unpaired) electrons. The third kappa shape index (κ3) is 5.42. The molecule has 1 aromatic rings. The van der Waals surface area contributed by atoms with E-state index >= 15 is 0 Å². The minimum absolute atomic E-state index is 0.0595. The molecule has 3 N–H and O–H groups in total. The molecule has 0 unspecified atom stereocenters. The molecule has 20 heavy (non-hydrogen) atoms. The van der Waals surface area contributed by atoms with E-state index in [-0.39, 0.29) is 18.6 Å². The third-order valence-electron chi connectivity index (χ3n) is 2.56. The predicted molar refractivity (Wildman–Crippen MR) is 82.2 cm³/mol. The van der Waals surface area contributed by atoms with Gasteiger partial charge in [0.15, 0.2) is 0 Å². The average Bonchev–Trinajstić information content (AvgIpc) is 2.32. The summed E-state index contributed by atoms with van der Waals surface area (Å²) in [7, 11) is 0. The molecule has 0 spiro atoms. The van der Waals surface area contributed by atoms with Crippen molar-refractivity contribution in [2.45, 2.75) is 25.8 Å². The molecule has 5 nitrogen and oxygen atoms in total. The monoisotopic (exact) mass is 404 g/mol. The summed E-state index contributed by atoms with van der Waals surface area (Å²) in [6.07, 6.45) is 0.391. The topological polar surface area (TPSA) is 89.3 Å². The Kier molecular flexibility index (Phi) is 6.35. The molecule has 0 aliphatic carbocycles. The van der Waals surface area contributed by atoms with Crippen molar-refractivity contribution < 1.29 is 14.4 Å². The molecule has 0 bridgehead atoms. The van der Waals surface area contributed by atoms with Crippen molar-refractivity contribution >= 4 is 49.5 Å². The number of benzene rings is 1. The summed E-state index contributed by atoms with van der Waals surface area (Å²) in [5.41, 5.74) is 5.61. The Morgan fingerprint density at radius 2 is 1.75 bits per heavy atom. The van der Waals surface area contributed by atoms with Crippen LogP contribution in [-0.4, -0.2) is 23.6 Å². The van der Waals surface area contributed by atoms with Gasteiger partial charge in [-0.15, -0.1) is 0 Å². The first-order chi connectivity index (χ1) is 9.29. The van der Waals surface area contributed by atoms with Gasteiger partial charge in [-0.3, -0.25) is 9.59 Å². The summed E-state index contributed by atoms with van der Waals surface area (Å²) in [6, 6.07) is 4.19. The molecule has 7 heteroatoms. The molecule has 0 saturated heterocycles. The summed E-state index contributed by atoms with van der Waals surface area (Å²) in [4.78, 5) is 34.3. The Labute approximate surface area is 133 Å². The highest BCUT2D eigenvalue weighted by molar-refractivity contribution is 9.11. The van der Waals surface area contributed by atoms with Crippen LogP contribution in [-0.2, 0) is 9.59 Å². The van der Waals surface area contributed by atoms with E-state index in [9.17, 15) is 14.4 Å². The van der Waals surface area contributed by atoms with Crippen LogP contribution in [0.25, 0.3) is 0 Å². The van der Waals surface area contributed by atoms with Crippen LogP contribution in [0.4, 0.5) is 0 Å². The zero-order chi connectivity index (χ0) is 15.3. The highest BCUT2D eigenvalue weighted by atomic mass is 79.9. The second kappa shape index (κ2) is 7.54. The van der Waals surface area contributed by atoms with Crippen molar-refractivity contribution in [3.8, 4) is 0 Å². The molecule has 2 amide bonds. The lowest BCUT2D eigenvalue weighted by Crippen LogP contribution is -2.44. The van der Waals surface area contributed by atoms with E-state index in [2.05, 4.69) is 37.2 Å². The zero-order valence-electron chi connectivity index (χ0n) is 10.8. The number of carbonyl (C=O) groups is 3. The highest BCUT2D eigenvalue weighted by Crippen LogP contribution is 2.20. The Morgan fingerprint density at radius 3 is 2.20 bits per heavy atom. The summed E-state index contributed by atoms with van der Waals surface area (Å²) in [5, 5.41) is 2.54. The molecule has 0 heterocycles. The van der Waals surface area contributed by atoms with Gasteiger partial charge in [0.05, 0.1) is 0 Å². The molecule has 1 atom stereocenters.